The molecule has 0 radical (unpaired) electrons. The first-order valence-electron chi connectivity index (χ1n) is 8.91. The molecule has 1 aromatic heterocycles. The standard InChI is InChI=1S/C22H18N2O3S/c1-14-6-4-7-15(12-14)23-20(25)19(13-16-8-5-11-28-16)24-21(26)17-9-2-3-10-18(17)22(24)27/h2-12,19H,13H2,1H3,(H,23,25). The van der Waals surface area contributed by atoms with Crippen LogP contribution in [0.15, 0.2) is 66.0 Å². The number of aryl methyl sites for hydroxylation is 1. The second-order valence-electron chi connectivity index (χ2n) is 6.68. The summed E-state index contributed by atoms with van der Waals surface area (Å²) in [7, 11) is 0. The van der Waals surface area contributed by atoms with Crippen molar-refractivity contribution >= 4 is 34.7 Å². The molecular formula is C22H18N2O3S. The molecule has 0 saturated carbocycles. The Kier molecular flexibility index (Phi) is 4.79. The highest BCUT2D eigenvalue weighted by Crippen LogP contribution is 2.27. The lowest BCUT2D eigenvalue weighted by molar-refractivity contribution is -0.119. The van der Waals surface area contributed by atoms with Crippen molar-refractivity contribution in [3.05, 3.63) is 87.6 Å². The van der Waals surface area contributed by atoms with E-state index >= 15 is 0 Å². The van der Waals surface area contributed by atoms with Crippen LogP contribution in [0.5, 0.6) is 0 Å². The Bertz CT molecular complexity index is 1020. The van der Waals surface area contributed by atoms with Crippen molar-refractivity contribution in [1.82, 2.24) is 4.90 Å². The summed E-state index contributed by atoms with van der Waals surface area (Å²) >= 11 is 1.49. The summed E-state index contributed by atoms with van der Waals surface area (Å²) < 4.78 is 0. The summed E-state index contributed by atoms with van der Waals surface area (Å²) in [5, 5.41) is 4.77. The van der Waals surface area contributed by atoms with Gasteiger partial charge in [-0.15, -0.1) is 11.3 Å². The van der Waals surface area contributed by atoms with E-state index in [2.05, 4.69) is 5.32 Å². The fourth-order valence-corrected chi connectivity index (χ4v) is 4.10. The van der Waals surface area contributed by atoms with Gasteiger partial charge in [-0.05, 0) is 48.2 Å². The molecule has 1 atom stereocenters. The molecule has 0 spiro atoms. The van der Waals surface area contributed by atoms with E-state index in [9.17, 15) is 14.4 Å². The van der Waals surface area contributed by atoms with Gasteiger partial charge in [0.2, 0.25) is 5.91 Å². The van der Waals surface area contributed by atoms with Crippen molar-refractivity contribution in [3.63, 3.8) is 0 Å². The van der Waals surface area contributed by atoms with Crippen LogP contribution in [-0.2, 0) is 11.2 Å². The molecule has 1 unspecified atom stereocenters. The Morgan fingerprint density at radius 2 is 1.71 bits per heavy atom. The maximum atomic E-state index is 13.1. The number of anilines is 1. The molecule has 1 aliphatic heterocycles. The molecule has 3 amide bonds. The lowest BCUT2D eigenvalue weighted by atomic mass is 10.1. The average molecular weight is 390 g/mol. The van der Waals surface area contributed by atoms with Crippen LogP contribution in [-0.4, -0.2) is 28.7 Å². The lowest BCUT2D eigenvalue weighted by Crippen LogP contribution is -2.48. The minimum Gasteiger partial charge on any atom is -0.324 e. The maximum Gasteiger partial charge on any atom is 0.262 e. The second-order valence-corrected chi connectivity index (χ2v) is 7.72. The molecule has 0 fully saturated rings. The predicted molar refractivity (Wildman–Crippen MR) is 109 cm³/mol. The molecule has 2 aromatic carbocycles. The minimum atomic E-state index is -0.924. The Morgan fingerprint density at radius 1 is 1.00 bits per heavy atom. The molecule has 0 aliphatic carbocycles. The van der Waals surface area contributed by atoms with E-state index in [0.29, 0.717) is 16.8 Å². The topological polar surface area (TPSA) is 66.5 Å². The normalized spacial score (nSPS) is 14.1. The molecule has 1 N–H and O–H groups in total. The minimum absolute atomic E-state index is 0.279. The Morgan fingerprint density at radius 3 is 2.32 bits per heavy atom. The first kappa shape index (κ1) is 18.1. The number of fused-ring (bicyclic) bond motifs is 1. The van der Waals surface area contributed by atoms with Crippen LogP contribution < -0.4 is 5.32 Å². The van der Waals surface area contributed by atoms with E-state index in [1.807, 2.05) is 42.6 Å². The molecule has 5 nitrogen and oxygen atoms in total. The number of carbonyl (C=O) groups excluding carboxylic acids is 3. The van der Waals surface area contributed by atoms with Crippen molar-refractivity contribution < 1.29 is 14.4 Å². The quantitative estimate of drug-likeness (QED) is 0.672. The van der Waals surface area contributed by atoms with Crippen LogP contribution in [0.3, 0.4) is 0 Å². The van der Waals surface area contributed by atoms with Gasteiger partial charge in [-0.1, -0.05) is 30.3 Å². The first-order valence-corrected chi connectivity index (χ1v) is 9.79. The van der Waals surface area contributed by atoms with Gasteiger partial charge in [0.25, 0.3) is 11.8 Å². The first-order chi connectivity index (χ1) is 13.5. The molecule has 3 aromatic rings. The predicted octanol–water partition coefficient (Wildman–Crippen LogP) is 3.90. The Hall–Kier alpha value is -3.25. The fourth-order valence-electron chi connectivity index (χ4n) is 3.36. The summed E-state index contributed by atoms with van der Waals surface area (Å²) in [6, 6.07) is 17.0. The van der Waals surface area contributed by atoms with E-state index < -0.39 is 17.9 Å². The highest BCUT2D eigenvalue weighted by atomic mass is 32.1. The van der Waals surface area contributed by atoms with E-state index in [4.69, 9.17) is 0 Å². The number of imide groups is 1. The summed E-state index contributed by atoms with van der Waals surface area (Å²) in [5.41, 5.74) is 2.32. The smallest absolute Gasteiger partial charge is 0.262 e. The number of nitrogens with one attached hydrogen (secondary N) is 1. The molecule has 0 saturated heterocycles. The van der Waals surface area contributed by atoms with Gasteiger partial charge in [0.15, 0.2) is 0 Å². The van der Waals surface area contributed by atoms with Crippen LogP contribution in [0, 0.1) is 6.92 Å². The van der Waals surface area contributed by atoms with Crippen LogP contribution >= 0.6 is 11.3 Å². The van der Waals surface area contributed by atoms with Gasteiger partial charge in [-0.2, -0.15) is 0 Å². The van der Waals surface area contributed by atoms with E-state index in [1.165, 1.54) is 11.3 Å². The van der Waals surface area contributed by atoms with Crippen LogP contribution in [0.25, 0.3) is 0 Å². The number of hydrogen-bond donors (Lipinski definition) is 1. The van der Waals surface area contributed by atoms with Gasteiger partial charge < -0.3 is 5.32 Å². The fraction of sp³-hybridized carbons (Fsp3) is 0.136. The number of nitrogens with zero attached hydrogens (tertiary/aromatic N) is 1. The Labute approximate surface area is 166 Å². The zero-order chi connectivity index (χ0) is 19.7. The highest BCUT2D eigenvalue weighted by molar-refractivity contribution is 7.09. The summed E-state index contributed by atoms with van der Waals surface area (Å²) in [5.74, 6) is -1.24. The van der Waals surface area contributed by atoms with Gasteiger partial charge in [-0.3, -0.25) is 19.3 Å². The largest absolute Gasteiger partial charge is 0.324 e. The van der Waals surface area contributed by atoms with Crippen LogP contribution in [0.2, 0.25) is 0 Å². The number of hydrogen-bond acceptors (Lipinski definition) is 4. The monoisotopic (exact) mass is 390 g/mol. The highest BCUT2D eigenvalue weighted by Gasteiger charge is 2.42. The van der Waals surface area contributed by atoms with Crippen molar-refractivity contribution in [1.29, 1.82) is 0 Å². The number of carbonyl (C=O) groups is 3. The third-order valence-corrected chi connectivity index (χ3v) is 5.60. The SMILES string of the molecule is Cc1cccc(NC(=O)C(Cc2cccs2)N2C(=O)c3ccccc3C2=O)c1. The average Bonchev–Trinajstić information content (AvgIpc) is 3.28. The maximum absolute atomic E-state index is 13.1. The lowest BCUT2D eigenvalue weighted by Gasteiger charge is -2.25. The van der Waals surface area contributed by atoms with E-state index in [1.54, 1.807) is 30.3 Å². The van der Waals surface area contributed by atoms with E-state index in [0.717, 1.165) is 15.3 Å². The molecule has 4 rings (SSSR count). The van der Waals surface area contributed by atoms with Crippen molar-refractivity contribution in [2.75, 3.05) is 5.32 Å². The van der Waals surface area contributed by atoms with Crippen molar-refractivity contribution in [3.8, 4) is 0 Å². The van der Waals surface area contributed by atoms with Crippen molar-refractivity contribution in [2.24, 2.45) is 0 Å². The van der Waals surface area contributed by atoms with Gasteiger partial charge in [0, 0.05) is 17.0 Å². The molecule has 0 bridgehead atoms. The summed E-state index contributed by atoms with van der Waals surface area (Å²) in [6.45, 7) is 1.93. The third-order valence-electron chi connectivity index (χ3n) is 4.70. The van der Waals surface area contributed by atoms with Gasteiger partial charge in [-0.25, -0.2) is 0 Å². The number of benzene rings is 2. The summed E-state index contributed by atoms with van der Waals surface area (Å²) in [4.78, 5) is 41.0. The number of rotatable bonds is 5. The zero-order valence-corrected chi connectivity index (χ0v) is 16.0. The van der Waals surface area contributed by atoms with Crippen LogP contribution in [0.4, 0.5) is 5.69 Å². The summed E-state index contributed by atoms with van der Waals surface area (Å²) in [6.07, 6.45) is 0.279. The third kappa shape index (κ3) is 3.34. The Balaban J connectivity index is 1.67. The van der Waals surface area contributed by atoms with Crippen LogP contribution in [0.1, 0.15) is 31.2 Å². The molecular weight excluding hydrogens is 372 g/mol. The zero-order valence-electron chi connectivity index (χ0n) is 15.2. The van der Waals surface area contributed by atoms with E-state index in [-0.39, 0.29) is 12.3 Å². The molecule has 28 heavy (non-hydrogen) atoms. The van der Waals surface area contributed by atoms with Gasteiger partial charge in [0.05, 0.1) is 11.1 Å². The second kappa shape index (κ2) is 7.40. The van der Waals surface area contributed by atoms with Crippen molar-refractivity contribution in [2.45, 2.75) is 19.4 Å². The molecule has 6 heteroatoms. The molecule has 2 heterocycles. The molecule has 140 valence electrons. The van der Waals surface area contributed by atoms with Gasteiger partial charge in [0.1, 0.15) is 6.04 Å². The van der Waals surface area contributed by atoms with Gasteiger partial charge >= 0.3 is 0 Å². The number of amides is 3. The molecule has 1 aliphatic rings. The number of thiophene rings is 1.